The fourth-order valence-electron chi connectivity index (χ4n) is 2.23. The third-order valence-electron chi connectivity index (χ3n) is 3.44. The second-order valence-corrected chi connectivity index (χ2v) is 5.45. The standard InChI is InChI=1S/C17H28FNO2/c1-3-5-7-15(6-4-2)19-12-16(20)13-21-17-10-8-14(18)9-11-17/h8-11,15-16,19-20H,3-7,12-13H2,1-2H3. The average Bonchev–Trinajstić information content (AvgIpc) is 2.49. The Hall–Kier alpha value is -1.13. The highest BCUT2D eigenvalue weighted by Gasteiger charge is 2.10. The molecule has 1 aromatic carbocycles. The Morgan fingerprint density at radius 1 is 1.14 bits per heavy atom. The molecule has 2 unspecified atom stereocenters. The van der Waals surface area contributed by atoms with Crippen molar-refractivity contribution in [3.05, 3.63) is 30.1 Å². The molecule has 0 aromatic heterocycles. The minimum absolute atomic E-state index is 0.214. The molecular weight excluding hydrogens is 269 g/mol. The number of ether oxygens (including phenoxy) is 1. The van der Waals surface area contributed by atoms with E-state index in [2.05, 4.69) is 19.2 Å². The summed E-state index contributed by atoms with van der Waals surface area (Å²) in [6.45, 7) is 5.10. The van der Waals surface area contributed by atoms with E-state index in [1.807, 2.05) is 0 Å². The molecule has 2 N–H and O–H groups in total. The Morgan fingerprint density at radius 2 is 1.86 bits per heavy atom. The maximum atomic E-state index is 12.8. The summed E-state index contributed by atoms with van der Waals surface area (Å²) in [7, 11) is 0. The third-order valence-corrected chi connectivity index (χ3v) is 3.44. The maximum absolute atomic E-state index is 12.8. The van der Waals surface area contributed by atoms with Crippen LogP contribution in [0, 0.1) is 5.82 Å². The van der Waals surface area contributed by atoms with E-state index in [4.69, 9.17) is 4.74 Å². The van der Waals surface area contributed by atoms with Gasteiger partial charge in [0.2, 0.25) is 0 Å². The molecule has 0 radical (unpaired) electrons. The number of hydrogen-bond acceptors (Lipinski definition) is 3. The Morgan fingerprint density at radius 3 is 2.48 bits per heavy atom. The summed E-state index contributed by atoms with van der Waals surface area (Å²) in [5.74, 6) is 0.287. The molecule has 0 amide bonds. The predicted octanol–water partition coefficient (Wildman–Crippen LogP) is 3.51. The summed E-state index contributed by atoms with van der Waals surface area (Å²) in [6.07, 6.45) is 5.26. The first-order valence-electron chi connectivity index (χ1n) is 7.95. The van der Waals surface area contributed by atoms with Gasteiger partial charge in [0.1, 0.15) is 24.3 Å². The Kier molecular flexibility index (Phi) is 9.02. The smallest absolute Gasteiger partial charge is 0.123 e. The van der Waals surface area contributed by atoms with E-state index >= 15 is 0 Å². The summed E-state index contributed by atoms with van der Waals surface area (Å²) in [5.41, 5.74) is 0. The minimum Gasteiger partial charge on any atom is -0.491 e. The van der Waals surface area contributed by atoms with Crippen molar-refractivity contribution in [3.8, 4) is 5.75 Å². The van der Waals surface area contributed by atoms with Crippen LogP contribution in [0.5, 0.6) is 5.75 Å². The molecule has 1 rings (SSSR count). The lowest BCUT2D eigenvalue weighted by atomic mass is 10.1. The van der Waals surface area contributed by atoms with Crippen molar-refractivity contribution < 1.29 is 14.2 Å². The maximum Gasteiger partial charge on any atom is 0.123 e. The minimum atomic E-state index is -0.559. The zero-order valence-corrected chi connectivity index (χ0v) is 13.1. The van der Waals surface area contributed by atoms with Crippen LogP contribution in [0.2, 0.25) is 0 Å². The molecule has 0 fully saturated rings. The van der Waals surface area contributed by atoms with Crippen molar-refractivity contribution in [1.29, 1.82) is 0 Å². The van der Waals surface area contributed by atoms with E-state index in [-0.39, 0.29) is 12.4 Å². The van der Waals surface area contributed by atoms with Crippen LogP contribution in [0.3, 0.4) is 0 Å². The van der Waals surface area contributed by atoms with Gasteiger partial charge in [0, 0.05) is 12.6 Å². The number of unbranched alkanes of at least 4 members (excludes halogenated alkanes) is 1. The van der Waals surface area contributed by atoms with Gasteiger partial charge in [0.15, 0.2) is 0 Å². The van der Waals surface area contributed by atoms with Crippen molar-refractivity contribution in [2.45, 2.75) is 58.1 Å². The summed E-state index contributed by atoms with van der Waals surface area (Å²) in [6, 6.07) is 6.30. The van der Waals surface area contributed by atoms with E-state index in [1.165, 1.54) is 25.0 Å². The molecule has 0 saturated heterocycles. The zero-order valence-electron chi connectivity index (χ0n) is 13.1. The number of rotatable bonds is 11. The van der Waals surface area contributed by atoms with Crippen LogP contribution in [-0.4, -0.2) is 30.4 Å². The molecule has 120 valence electrons. The van der Waals surface area contributed by atoms with E-state index in [0.717, 1.165) is 19.3 Å². The third kappa shape index (κ3) is 8.02. The van der Waals surface area contributed by atoms with Crippen LogP contribution < -0.4 is 10.1 Å². The van der Waals surface area contributed by atoms with Crippen molar-refractivity contribution >= 4 is 0 Å². The van der Waals surface area contributed by atoms with Gasteiger partial charge in [-0.05, 0) is 37.1 Å². The quantitative estimate of drug-likeness (QED) is 0.657. The number of halogens is 1. The molecule has 1 aromatic rings. The van der Waals surface area contributed by atoms with Gasteiger partial charge in [-0.1, -0.05) is 33.1 Å². The van der Waals surface area contributed by atoms with Gasteiger partial charge >= 0.3 is 0 Å². The van der Waals surface area contributed by atoms with Gasteiger partial charge in [-0.3, -0.25) is 0 Å². The first-order valence-corrected chi connectivity index (χ1v) is 7.95. The van der Waals surface area contributed by atoms with Crippen molar-refractivity contribution in [2.24, 2.45) is 0 Å². The van der Waals surface area contributed by atoms with E-state index in [9.17, 15) is 9.50 Å². The second kappa shape index (κ2) is 10.6. The highest BCUT2D eigenvalue weighted by molar-refractivity contribution is 5.22. The molecule has 0 heterocycles. The summed E-state index contributed by atoms with van der Waals surface area (Å²) in [5, 5.41) is 13.4. The van der Waals surface area contributed by atoms with Crippen LogP contribution in [0.4, 0.5) is 4.39 Å². The Balaban J connectivity index is 2.25. The Bertz CT molecular complexity index is 370. The summed E-state index contributed by atoms with van der Waals surface area (Å²) in [4.78, 5) is 0. The largest absolute Gasteiger partial charge is 0.491 e. The van der Waals surface area contributed by atoms with Crippen molar-refractivity contribution in [1.82, 2.24) is 5.32 Å². The number of aliphatic hydroxyl groups excluding tert-OH is 1. The topological polar surface area (TPSA) is 41.5 Å². The number of nitrogens with one attached hydrogen (secondary N) is 1. The SMILES string of the molecule is CCCCC(CCC)NCC(O)COc1ccc(F)cc1. The number of benzene rings is 1. The van der Waals surface area contributed by atoms with Gasteiger partial charge in [0.05, 0.1) is 0 Å². The van der Waals surface area contributed by atoms with Crippen LogP contribution >= 0.6 is 0 Å². The number of hydrogen-bond donors (Lipinski definition) is 2. The fraction of sp³-hybridized carbons (Fsp3) is 0.647. The van der Waals surface area contributed by atoms with Crippen LogP contribution in [0.25, 0.3) is 0 Å². The van der Waals surface area contributed by atoms with Crippen molar-refractivity contribution in [3.63, 3.8) is 0 Å². The van der Waals surface area contributed by atoms with Crippen LogP contribution in [-0.2, 0) is 0 Å². The molecule has 21 heavy (non-hydrogen) atoms. The van der Waals surface area contributed by atoms with Crippen LogP contribution in [0.15, 0.2) is 24.3 Å². The summed E-state index contributed by atoms with van der Waals surface area (Å²) >= 11 is 0. The predicted molar refractivity (Wildman–Crippen MR) is 84.1 cm³/mol. The first kappa shape index (κ1) is 17.9. The highest BCUT2D eigenvalue weighted by Crippen LogP contribution is 2.11. The fourth-order valence-corrected chi connectivity index (χ4v) is 2.23. The normalized spacial score (nSPS) is 13.9. The lowest BCUT2D eigenvalue weighted by molar-refractivity contribution is 0.102. The lowest BCUT2D eigenvalue weighted by Crippen LogP contribution is -2.38. The first-order chi connectivity index (χ1) is 10.2. The van der Waals surface area contributed by atoms with E-state index in [0.29, 0.717) is 18.3 Å². The van der Waals surface area contributed by atoms with E-state index < -0.39 is 6.10 Å². The molecule has 3 nitrogen and oxygen atoms in total. The molecule has 0 aliphatic rings. The average molecular weight is 297 g/mol. The Labute approximate surface area is 127 Å². The van der Waals surface area contributed by atoms with Crippen molar-refractivity contribution in [2.75, 3.05) is 13.2 Å². The molecule has 0 saturated carbocycles. The number of aliphatic hydroxyl groups is 1. The molecular formula is C17H28FNO2. The summed E-state index contributed by atoms with van der Waals surface area (Å²) < 4.78 is 18.2. The molecule has 0 spiro atoms. The molecule has 2 atom stereocenters. The molecule has 0 aliphatic heterocycles. The lowest BCUT2D eigenvalue weighted by Gasteiger charge is -2.20. The van der Waals surface area contributed by atoms with Gasteiger partial charge in [0.25, 0.3) is 0 Å². The van der Waals surface area contributed by atoms with Gasteiger partial charge in [-0.2, -0.15) is 0 Å². The molecule has 4 heteroatoms. The highest BCUT2D eigenvalue weighted by atomic mass is 19.1. The molecule has 0 bridgehead atoms. The van der Waals surface area contributed by atoms with Gasteiger partial charge < -0.3 is 15.2 Å². The van der Waals surface area contributed by atoms with Crippen LogP contribution in [0.1, 0.15) is 46.0 Å². The monoisotopic (exact) mass is 297 g/mol. The zero-order chi connectivity index (χ0) is 15.5. The van der Waals surface area contributed by atoms with Gasteiger partial charge in [-0.15, -0.1) is 0 Å². The molecule has 0 aliphatic carbocycles. The van der Waals surface area contributed by atoms with Gasteiger partial charge in [-0.25, -0.2) is 4.39 Å². The van der Waals surface area contributed by atoms with E-state index in [1.54, 1.807) is 12.1 Å². The second-order valence-electron chi connectivity index (χ2n) is 5.45.